The highest BCUT2D eigenvalue weighted by molar-refractivity contribution is 5.74. The van der Waals surface area contributed by atoms with E-state index < -0.39 is 0 Å². The number of nitrogens with zero attached hydrogens (tertiary/aromatic N) is 1. The summed E-state index contributed by atoms with van der Waals surface area (Å²) >= 11 is 0. The second kappa shape index (κ2) is 8.50. The molecule has 1 aromatic heterocycles. The van der Waals surface area contributed by atoms with E-state index in [0.717, 1.165) is 61.6 Å². The third kappa shape index (κ3) is 4.36. The molecule has 0 aliphatic carbocycles. The van der Waals surface area contributed by atoms with Crippen molar-refractivity contribution in [1.82, 2.24) is 15.3 Å². The fourth-order valence-electron chi connectivity index (χ4n) is 2.73. The molecule has 0 unspecified atom stereocenters. The normalized spacial score (nSPS) is 11.0. The van der Waals surface area contributed by atoms with Gasteiger partial charge in [-0.1, -0.05) is 37.3 Å². The Hall–Kier alpha value is -2.33. The maximum Gasteiger partial charge on any atom is 0.123 e. The molecule has 0 radical (unpaired) electrons. The minimum Gasteiger partial charge on any atom is -0.493 e. The molecule has 2 N–H and O–H groups in total. The van der Waals surface area contributed by atoms with Crippen molar-refractivity contribution < 1.29 is 4.74 Å². The largest absolute Gasteiger partial charge is 0.493 e. The number of para-hydroxylation sites is 3. The molecule has 1 heterocycles. The van der Waals surface area contributed by atoms with Crippen LogP contribution in [0.15, 0.2) is 48.5 Å². The number of hydrogen-bond donors (Lipinski definition) is 2. The molecule has 2 aromatic carbocycles. The number of aryl methyl sites for hydroxylation is 1. The summed E-state index contributed by atoms with van der Waals surface area (Å²) in [7, 11) is 0. The van der Waals surface area contributed by atoms with Gasteiger partial charge in [0.25, 0.3) is 0 Å². The van der Waals surface area contributed by atoms with E-state index in [-0.39, 0.29) is 0 Å². The maximum absolute atomic E-state index is 5.79. The van der Waals surface area contributed by atoms with E-state index in [2.05, 4.69) is 40.4 Å². The molecule has 3 aromatic rings. The summed E-state index contributed by atoms with van der Waals surface area (Å²) < 4.78 is 5.79. The lowest BCUT2D eigenvalue weighted by Gasteiger charge is -2.11. The number of nitrogens with one attached hydrogen (secondary N) is 2. The Bertz CT molecular complexity index is 733. The summed E-state index contributed by atoms with van der Waals surface area (Å²) in [5.74, 6) is 2.05. The first kappa shape index (κ1) is 16.5. The SMILES string of the molecule is CCCOc1ccccc1CNCCCc1nc2ccccc2[nH]1. The van der Waals surface area contributed by atoms with Gasteiger partial charge in [-0.2, -0.15) is 0 Å². The lowest BCUT2D eigenvalue weighted by atomic mass is 10.2. The monoisotopic (exact) mass is 323 g/mol. The van der Waals surface area contributed by atoms with Gasteiger partial charge in [0.15, 0.2) is 0 Å². The molecule has 0 saturated carbocycles. The number of H-pyrrole nitrogens is 1. The van der Waals surface area contributed by atoms with Crippen LogP contribution in [0.2, 0.25) is 0 Å². The van der Waals surface area contributed by atoms with E-state index >= 15 is 0 Å². The molecule has 126 valence electrons. The van der Waals surface area contributed by atoms with Gasteiger partial charge in [-0.25, -0.2) is 4.98 Å². The standard InChI is InChI=1S/C20H25N3O/c1-2-14-24-19-11-6-3-8-16(19)15-21-13-7-12-20-22-17-9-4-5-10-18(17)23-20/h3-6,8-11,21H,2,7,12-15H2,1H3,(H,22,23). The van der Waals surface area contributed by atoms with Crippen molar-refractivity contribution in [2.45, 2.75) is 32.7 Å². The molecule has 4 heteroatoms. The van der Waals surface area contributed by atoms with E-state index in [9.17, 15) is 0 Å². The third-order valence-electron chi connectivity index (χ3n) is 3.96. The van der Waals surface area contributed by atoms with Gasteiger partial charge < -0.3 is 15.0 Å². The highest BCUT2D eigenvalue weighted by atomic mass is 16.5. The van der Waals surface area contributed by atoms with Gasteiger partial charge in [-0.3, -0.25) is 0 Å². The van der Waals surface area contributed by atoms with Crippen molar-refractivity contribution in [1.29, 1.82) is 0 Å². The first-order valence-corrected chi connectivity index (χ1v) is 8.72. The van der Waals surface area contributed by atoms with Crippen molar-refractivity contribution in [2.24, 2.45) is 0 Å². The minimum absolute atomic E-state index is 0.767. The van der Waals surface area contributed by atoms with Crippen LogP contribution in [0.4, 0.5) is 0 Å². The molecule has 24 heavy (non-hydrogen) atoms. The molecule has 0 amide bonds. The zero-order chi connectivity index (χ0) is 16.6. The third-order valence-corrected chi connectivity index (χ3v) is 3.96. The van der Waals surface area contributed by atoms with Gasteiger partial charge in [0.05, 0.1) is 17.6 Å². The zero-order valence-electron chi connectivity index (χ0n) is 14.2. The van der Waals surface area contributed by atoms with Crippen molar-refractivity contribution in [3.63, 3.8) is 0 Å². The number of ether oxygens (including phenoxy) is 1. The van der Waals surface area contributed by atoms with Crippen molar-refractivity contribution in [3.05, 3.63) is 59.9 Å². The first-order valence-electron chi connectivity index (χ1n) is 8.72. The fraction of sp³-hybridized carbons (Fsp3) is 0.350. The molecule has 0 aliphatic rings. The summed E-state index contributed by atoms with van der Waals surface area (Å²) in [5.41, 5.74) is 3.37. The Balaban J connectivity index is 1.44. The van der Waals surface area contributed by atoms with Gasteiger partial charge in [0, 0.05) is 18.5 Å². The Morgan fingerprint density at radius 1 is 1.08 bits per heavy atom. The van der Waals surface area contributed by atoms with E-state index in [1.54, 1.807) is 0 Å². The fourth-order valence-corrected chi connectivity index (χ4v) is 2.73. The van der Waals surface area contributed by atoms with Crippen molar-refractivity contribution in [3.8, 4) is 5.75 Å². The van der Waals surface area contributed by atoms with Crippen LogP contribution < -0.4 is 10.1 Å². The number of fused-ring (bicyclic) bond motifs is 1. The lowest BCUT2D eigenvalue weighted by Crippen LogP contribution is -2.16. The van der Waals surface area contributed by atoms with Crippen LogP contribution in [0.25, 0.3) is 11.0 Å². The van der Waals surface area contributed by atoms with Gasteiger partial charge in [0.2, 0.25) is 0 Å². The van der Waals surface area contributed by atoms with Gasteiger partial charge >= 0.3 is 0 Å². The Kier molecular flexibility index (Phi) is 5.85. The van der Waals surface area contributed by atoms with Crippen molar-refractivity contribution in [2.75, 3.05) is 13.2 Å². The number of hydrogen-bond acceptors (Lipinski definition) is 3. The number of imidazole rings is 1. The molecular weight excluding hydrogens is 298 g/mol. The van der Waals surface area contributed by atoms with Crippen LogP contribution >= 0.6 is 0 Å². The number of rotatable bonds is 9. The van der Waals surface area contributed by atoms with E-state index in [1.807, 2.05) is 30.3 Å². The number of aromatic amines is 1. The molecule has 0 aliphatic heterocycles. The van der Waals surface area contributed by atoms with Gasteiger partial charge in [-0.15, -0.1) is 0 Å². The molecule has 0 saturated heterocycles. The second-order valence-electron chi connectivity index (χ2n) is 5.94. The summed E-state index contributed by atoms with van der Waals surface area (Å²) in [5, 5.41) is 3.50. The van der Waals surface area contributed by atoms with Crippen LogP contribution in [0, 0.1) is 0 Å². The minimum atomic E-state index is 0.767. The predicted octanol–water partition coefficient (Wildman–Crippen LogP) is 4.07. The average Bonchev–Trinajstić information content (AvgIpc) is 3.03. The Morgan fingerprint density at radius 2 is 1.92 bits per heavy atom. The van der Waals surface area contributed by atoms with Gasteiger partial charge in [0.1, 0.15) is 11.6 Å². The molecule has 0 bridgehead atoms. The molecule has 4 nitrogen and oxygen atoms in total. The molecule has 0 atom stereocenters. The summed E-state index contributed by atoms with van der Waals surface area (Å²) in [6.45, 7) is 4.68. The van der Waals surface area contributed by atoms with Crippen LogP contribution in [0.5, 0.6) is 5.75 Å². The van der Waals surface area contributed by atoms with E-state index in [1.165, 1.54) is 5.56 Å². The second-order valence-corrected chi connectivity index (χ2v) is 5.94. The average molecular weight is 323 g/mol. The summed E-state index contributed by atoms with van der Waals surface area (Å²) in [4.78, 5) is 7.99. The number of benzene rings is 2. The van der Waals surface area contributed by atoms with Crippen LogP contribution in [0.3, 0.4) is 0 Å². The molecular formula is C20H25N3O. The van der Waals surface area contributed by atoms with Crippen LogP contribution in [-0.2, 0) is 13.0 Å². The van der Waals surface area contributed by atoms with E-state index in [4.69, 9.17) is 4.74 Å². The Labute approximate surface area is 143 Å². The quantitative estimate of drug-likeness (QED) is 0.584. The highest BCUT2D eigenvalue weighted by Crippen LogP contribution is 2.18. The highest BCUT2D eigenvalue weighted by Gasteiger charge is 2.03. The maximum atomic E-state index is 5.79. The number of aromatic nitrogens is 2. The first-order chi connectivity index (χ1) is 11.9. The zero-order valence-corrected chi connectivity index (χ0v) is 14.2. The lowest BCUT2D eigenvalue weighted by molar-refractivity contribution is 0.313. The van der Waals surface area contributed by atoms with Gasteiger partial charge in [-0.05, 0) is 37.6 Å². The van der Waals surface area contributed by atoms with Crippen LogP contribution in [0.1, 0.15) is 31.2 Å². The van der Waals surface area contributed by atoms with Crippen LogP contribution in [-0.4, -0.2) is 23.1 Å². The topological polar surface area (TPSA) is 49.9 Å². The summed E-state index contributed by atoms with van der Waals surface area (Å²) in [6, 6.07) is 16.4. The molecule has 3 rings (SSSR count). The molecule has 0 spiro atoms. The Morgan fingerprint density at radius 3 is 2.79 bits per heavy atom. The van der Waals surface area contributed by atoms with E-state index in [0.29, 0.717) is 0 Å². The smallest absolute Gasteiger partial charge is 0.123 e. The summed E-state index contributed by atoms with van der Waals surface area (Å²) in [6.07, 6.45) is 3.03. The molecule has 0 fully saturated rings. The predicted molar refractivity (Wildman–Crippen MR) is 98.3 cm³/mol. The van der Waals surface area contributed by atoms with Crippen molar-refractivity contribution >= 4 is 11.0 Å².